The van der Waals surface area contributed by atoms with Crippen molar-refractivity contribution < 1.29 is 9.53 Å². The summed E-state index contributed by atoms with van der Waals surface area (Å²) in [6.07, 6.45) is 1.28. The minimum absolute atomic E-state index is 0. The van der Waals surface area contributed by atoms with Crippen molar-refractivity contribution in [2.24, 2.45) is 0 Å². The number of carbonyl (C=O) groups is 1. The number of methoxy groups -OCH3 is 1. The Morgan fingerprint density at radius 1 is 1.00 bits per heavy atom. The summed E-state index contributed by atoms with van der Waals surface area (Å²) in [5.41, 5.74) is 3.55. The zero-order valence-corrected chi connectivity index (χ0v) is 15.3. The van der Waals surface area contributed by atoms with Crippen LogP contribution in [0, 0.1) is 0 Å². The highest BCUT2D eigenvalue weighted by atomic mass is 35.5. The summed E-state index contributed by atoms with van der Waals surface area (Å²) in [5, 5.41) is 3.63. The van der Waals surface area contributed by atoms with Gasteiger partial charge in [0.25, 0.3) is 0 Å². The highest BCUT2D eigenvalue weighted by Gasteiger charge is 2.10. The normalized spacial score (nSPS) is 12.8. The monoisotopic (exact) mass is 347 g/mol. The molecule has 24 heavy (non-hydrogen) atoms. The maximum absolute atomic E-state index is 11.3. The van der Waals surface area contributed by atoms with E-state index in [2.05, 4.69) is 60.3 Å². The maximum Gasteiger partial charge on any atom is 0.309 e. The van der Waals surface area contributed by atoms with Crippen LogP contribution in [0.2, 0.25) is 0 Å². The first-order valence-electron chi connectivity index (χ1n) is 8.04. The molecule has 0 saturated heterocycles. The van der Waals surface area contributed by atoms with Crippen molar-refractivity contribution in [3.8, 4) is 0 Å². The molecule has 2 aromatic rings. The quantitative estimate of drug-likeness (QED) is 0.766. The fraction of sp³-hybridized carbons (Fsp3) is 0.350. The zero-order valence-electron chi connectivity index (χ0n) is 14.5. The molecule has 2 aromatic carbocycles. The molecule has 1 N–H and O–H groups in total. The van der Waals surface area contributed by atoms with Gasteiger partial charge < -0.3 is 10.1 Å². The van der Waals surface area contributed by atoms with Crippen LogP contribution in [0.3, 0.4) is 0 Å². The van der Waals surface area contributed by atoms with E-state index in [-0.39, 0.29) is 18.4 Å². The molecule has 2 rings (SSSR count). The van der Waals surface area contributed by atoms with Crippen LogP contribution < -0.4 is 5.32 Å². The number of nitrogens with one attached hydrogen (secondary N) is 1. The predicted molar refractivity (Wildman–Crippen MR) is 101 cm³/mol. The van der Waals surface area contributed by atoms with E-state index < -0.39 is 0 Å². The number of hydrogen-bond acceptors (Lipinski definition) is 3. The van der Waals surface area contributed by atoms with Gasteiger partial charge in [0.05, 0.1) is 13.5 Å². The third-order valence-corrected chi connectivity index (χ3v) is 3.98. The number of ether oxygens (including phenoxy) is 1. The van der Waals surface area contributed by atoms with Crippen molar-refractivity contribution in [1.82, 2.24) is 5.32 Å². The summed E-state index contributed by atoms with van der Waals surface area (Å²) in [6, 6.07) is 19.3. The van der Waals surface area contributed by atoms with E-state index >= 15 is 0 Å². The molecule has 0 aliphatic carbocycles. The van der Waals surface area contributed by atoms with Crippen molar-refractivity contribution >= 4 is 18.4 Å². The van der Waals surface area contributed by atoms with E-state index in [0.717, 1.165) is 12.0 Å². The van der Waals surface area contributed by atoms with E-state index in [0.29, 0.717) is 18.5 Å². The molecule has 3 nitrogen and oxygen atoms in total. The molecule has 0 heterocycles. The second kappa shape index (κ2) is 10.1. The van der Waals surface area contributed by atoms with E-state index in [1.807, 2.05) is 18.2 Å². The van der Waals surface area contributed by atoms with Crippen LogP contribution >= 0.6 is 12.4 Å². The average Bonchev–Trinajstić information content (AvgIpc) is 2.57. The van der Waals surface area contributed by atoms with E-state index in [1.54, 1.807) is 0 Å². The average molecular weight is 348 g/mol. The smallest absolute Gasteiger partial charge is 0.309 e. The Kier molecular flexibility index (Phi) is 8.51. The highest BCUT2D eigenvalue weighted by Crippen LogP contribution is 2.14. The Labute approximate surface area is 150 Å². The number of hydrogen-bond donors (Lipinski definition) is 1. The molecule has 4 heteroatoms. The van der Waals surface area contributed by atoms with Gasteiger partial charge in [0.1, 0.15) is 0 Å². The molecule has 0 aromatic heterocycles. The van der Waals surface area contributed by atoms with Crippen molar-refractivity contribution in [2.45, 2.75) is 38.8 Å². The molecule has 0 aliphatic rings. The van der Waals surface area contributed by atoms with Crippen LogP contribution in [0.4, 0.5) is 0 Å². The minimum Gasteiger partial charge on any atom is -0.469 e. The van der Waals surface area contributed by atoms with Gasteiger partial charge in [-0.3, -0.25) is 4.79 Å². The topological polar surface area (TPSA) is 38.3 Å². The summed E-state index contributed by atoms with van der Waals surface area (Å²) < 4.78 is 4.69. The number of esters is 1. The SMILES string of the molecule is COC(=O)Cc1ccc(C[C@@H](C)NC(C)c2ccccc2)cc1.Cl. The van der Waals surface area contributed by atoms with Crippen molar-refractivity contribution in [2.75, 3.05) is 7.11 Å². The highest BCUT2D eigenvalue weighted by molar-refractivity contribution is 5.85. The summed E-state index contributed by atoms with van der Waals surface area (Å²) >= 11 is 0. The molecule has 0 aliphatic heterocycles. The van der Waals surface area contributed by atoms with Crippen molar-refractivity contribution in [3.63, 3.8) is 0 Å². The molecular weight excluding hydrogens is 322 g/mol. The molecule has 0 bridgehead atoms. The fourth-order valence-electron chi connectivity index (χ4n) is 2.71. The first kappa shape index (κ1) is 20.2. The van der Waals surface area contributed by atoms with E-state index in [9.17, 15) is 4.79 Å². The second-order valence-electron chi connectivity index (χ2n) is 5.97. The van der Waals surface area contributed by atoms with Crippen LogP contribution in [-0.4, -0.2) is 19.1 Å². The lowest BCUT2D eigenvalue weighted by Crippen LogP contribution is -2.30. The van der Waals surface area contributed by atoms with Crippen molar-refractivity contribution in [1.29, 1.82) is 0 Å². The number of carbonyl (C=O) groups excluding carboxylic acids is 1. The summed E-state index contributed by atoms with van der Waals surface area (Å²) in [6.45, 7) is 4.38. The molecular formula is C20H26ClNO2. The molecule has 0 spiro atoms. The third-order valence-electron chi connectivity index (χ3n) is 3.98. The van der Waals surface area contributed by atoms with Crippen LogP contribution in [0.25, 0.3) is 0 Å². The Morgan fingerprint density at radius 2 is 1.58 bits per heavy atom. The molecule has 0 amide bonds. The number of rotatable bonds is 7. The van der Waals surface area contributed by atoms with Crippen molar-refractivity contribution in [3.05, 3.63) is 71.3 Å². The summed E-state index contributed by atoms with van der Waals surface area (Å²) in [5.74, 6) is -0.204. The van der Waals surface area contributed by atoms with Gasteiger partial charge in [0, 0.05) is 12.1 Å². The minimum atomic E-state index is -0.204. The van der Waals surface area contributed by atoms with Gasteiger partial charge in [-0.2, -0.15) is 0 Å². The first-order chi connectivity index (χ1) is 11.1. The van der Waals surface area contributed by atoms with Gasteiger partial charge in [-0.05, 0) is 37.0 Å². The zero-order chi connectivity index (χ0) is 16.7. The van der Waals surface area contributed by atoms with E-state index in [1.165, 1.54) is 18.2 Å². The lowest BCUT2D eigenvalue weighted by atomic mass is 10.0. The largest absolute Gasteiger partial charge is 0.469 e. The lowest BCUT2D eigenvalue weighted by Gasteiger charge is -2.20. The maximum atomic E-state index is 11.3. The van der Waals surface area contributed by atoms with Gasteiger partial charge in [0.15, 0.2) is 0 Å². The Morgan fingerprint density at radius 3 is 2.17 bits per heavy atom. The van der Waals surface area contributed by atoms with Gasteiger partial charge >= 0.3 is 5.97 Å². The molecule has 130 valence electrons. The van der Waals surface area contributed by atoms with Crippen LogP contribution in [0.15, 0.2) is 54.6 Å². The molecule has 1 unspecified atom stereocenters. The molecule has 0 saturated carbocycles. The Hall–Kier alpha value is -1.84. The van der Waals surface area contributed by atoms with Gasteiger partial charge in [-0.15, -0.1) is 12.4 Å². The first-order valence-corrected chi connectivity index (χ1v) is 8.04. The van der Waals surface area contributed by atoms with Gasteiger partial charge in [-0.1, -0.05) is 54.6 Å². The summed E-state index contributed by atoms with van der Waals surface area (Å²) in [4.78, 5) is 11.3. The standard InChI is InChI=1S/C20H25NO2.ClH/c1-15(21-16(2)19-7-5-4-6-8-19)13-17-9-11-18(12-10-17)14-20(22)23-3;/h4-12,15-16,21H,13-14H2,1-3H3;1H/t15-,16?;/m1./s1. The lowest BCUT2D eigenvalue weighted by molar-refractivity contribution is -0.139. The molecule has 0 radical (unpaired) electrons. The van der Waals surface area contributed by atoms with E-state index in [4.69, 9.17) is 0 Å². The predicted octanol–water partition coefficient (Wildman–Crippen LogP) is 4.11. The second-order valence-corrected chi connectivity index (χ2v) is 5.97. The van der Waals surface area contributed by atoms with Crippen LogP contribution in [-0.2, 0) is 22.4 Å². The third kappa shape index (κ3) is 6.34. The molecule has 2 atom stereocenters. The Balaban J connectivity index is 0.00000288. The van der Waals surface area contributed by atoms with Crippen LogP contribution in [0.1, 0.15) is 36.6 Å². The van der Waals surface area contributed by atoms with Gasteiger partial charge in [0.2, 0.25) is 0 Å². The Bertz CT molecular complexity index is 613. The summed E-state index contributed by atoms with van der Waals surface area (Å²) in [7, 11) is 1.41. The number of benzene rings is 2. The van der Waals surface area contributed by atoms with Gasteiger partial charge in [-0.25, -0.2) is 0 Å². The molecule has 0 fully saturated rings. The van der Waals surface area contributed by atoms with Crippen LogP contribution in [0.5, 0.6) is 0 Å². The number of halogens is 1. The fourth-order valence-corrected chi connectivity index (χ4v) is 2.71.